The molecule has 0 fully saturated rings. The Hall–Kier alpha value is -1.64. The number of benzene rings is 1. The summed E-state index contributed by atoms with van der Waals surface area (Å²) in [6.45, 7) is 0.0926. The van der Waals surface area contributed by atoms with E-state index in [4.69, 9.17) is 21.6 Å². The Morgan fingerprint density at radius 2 is 2.19 bits per heavy atom. The third-order valence-corrected chi connectivity index (χ3v) is 2.20. The van der Waals surface area contributed by atoms with Gasteiger partial charge >= 0.3 is 0 Å². The topological polar surface area (TPSA) is 76.2 Å². The molecule has 0 atom stereocenters. The lowest BCUT2D eigenvalue weighted by Crippen LogP contribution is -2.01. The minimum atomic E-state index is -0.517. The molecule has 0 unspecified atom stereocenters. The first-order valence-corrected chi connectivity index (χ1v) is 4.79. The van der Waals surface area contributed by atoms with Gasteiger partial charge in [0.25, 0.3) is 5.69 Å². The minimum absolute atomic E-state index is 0.0480. The van der Waals surface area contributed by atoms with Crippen LogP contribution in [0.5, 0.6) is 0 Å². The van der Waals surface area contributed by atoms with Gasteiger partial charge in [-0.25, -0.2) is 0 Å². The van der Waals surface area contributed by atoms with Crippen molar-refractivity contribution in [3.63, 3.8) is 0 Å². The maximum atomic E-state index is 10.9. The van der Waals surface area contributed by atoms with Crippen molar-refractivity contribution in [3.05, 3.63) is 38.4 Å². The Morgan fingerprint density at radius 3 is 2.69 bits per heavy atom. The number of rotatable bonds is 4. The Kier molecular flexibility index (Phi) is 4.23. The Labute approximate surface area is 97.4 Å². The lowest BCUT2D eigenvalue weighted by atomic mass is 10.1. The minimum Gasteiger partial charge on any atom is -0.380 e. The lowest BCUT2D eigenvalue weighted by molar-refractivity contribution is -0.386. The number of hydrogen-bond acceptors (Lipinski definition) is 4. The first-order valence-electron chi connectivity index (χ1n) is 4.41. The molecule has 0 heterocycles. The van der Waals surface area contributed by atoms with E-state index in [0.29, 0.717) is 16.1 Å². The maximum absolute atomic E-state index is 10.9. The van der Waals surface area contributed by atoms with Gasteiger partial charge in [0.05, 0.1) is 29.6 Å². The van der Waals surface area contributed by atoms with Crippen LogP contribution in [0.1, 0.15) is 11.1 Å². The summed E-state index contributed by atoms with van der Waals surface area (Å²) in [6.07, 6.45) is -0.0480. The Morgan fingerprint density at radius 1 is 1.56 bits per heavy atom. The quantitative estimate of drug-likeness (QED) is 0.598. The molecule has 0 bridgehead atoms. The molecular weight excluding hydrogens is 232 g/mol. The SMILES string of the molecule is COCc1cc(Cl)cc(CC#N)c1[N+](=O)[O-]. The molecule has 0 saturated heterocycles. The third kappa shape index (κ3) is 2.69. The van der Waals surface area contributed by atoms with Gasteiger partial charge in [-0.15, -0.1) is 0 Å². The van der Waals surface area contributed by atoms with E-state index in [1.807, 2.05) is 6.07 Å². The van der Waals surface area contributed by atoms with E-state index in [-0.39, 0.29) is 18.7 Å². The van der Waals surface area contributed by atoms with Crippen LogP contribution in [0.3, 0.4) is 0 Å². The van der Waals surface area contributed by atoms with Gasteiger partial charge in [-0.1, -0.05) is 11.6 Å². The predicted molar refractivity (Wildman–Crippen MR) is 58.1 cm³/mol. The van der Waals surface area contributed by atoms with E-state index in [1.54, 1.807) is 0 Å². The van der Waals surface area contributed by atoms with E-state index in [0.717, 1.165) is 0 Å². The largest absolute Gasteiger partial charge is 0.380 e. The first kappa shape index (κ1) is 12.4. The van der Waals surface area contributed by atoms with Crippen molar-refractivity contribution in [1.82, 2.24) is 0 Å². The van der Waals surface area contributed by atoms with Gasteiger partial charge in [-0.2, -0.15) is 5.26 Å². The van der Waals surface area contributed by atoms with Crippen LogP contribution in [0.2, 0.25) is 5.02 Å². The summed E-state index contributed by atoms with van der Waals surface area (Å²) in [7, 11) is 1.44. The summed E-state index contributed by atoms with van der Waals surface area (Å²) in [6, 6.07) is 4.78. The summed E-state index contributed by atoms with van der Waals surface area (Å²) >= 11 is 5.81. The Balaban J connectivity index is 3.36. The number of halogens is 1. The molecular formula is C10H9ClN2O3. The van der Waals surface area contributed by atoms with E-state index < -0.39 is 4.92 Å². The maximum Gasteiger partial charge on any atom is 0.279 e. The zero-order valence-corrected chi connectivity index (χ0v) is 9.32. The van der Waals surface area contributed by atoms with Crippen molar-refractivity contribution >= 4 is 17.3 Å². The van der Waals surface area contributed by atoms with Crippen molar-refractivity contribution in [2.45, 2.75) is 13.0 Å². The van der Waals surface area contributed by atoms with Crippen molar-refractivity contribution in [1.29, 1.82) is 5.26 Å². The molecule has 0 aliphatic carbocycles. The fourth-order valence-corrected chi connectivity index (χ4v) is 1.70. The zero-order valence-electron chi connectivity index (χ0n) is 8.57. The van der Waals surface area contributed by atoms with Crippen LogP contribution >= 0.6 is 11.6 Å². The lowest BCUT2D eigenvalue weighted by Gasteiger charge is -2.06. The van der Waals surface area contributed by atoms with Crippen LogP contribution in [0, 0.1) is 21.4 Å². The zero-order chi connectivity index (χ0) is 12.1. The predicted octanol–water partition coefficient (Wildman–Crippen LogP) is 2.46. The Bertz CT molecular complexity index is 454. The van der Waals surface area contributed by atoms with Gasteiger partial charge in [0.15, 0.2) is 0 Å². The number of nitriles is 1. The molecule has 0 aliphatic rings. The van der Waals surface area contributed by atoms with E-state index in [2.05, 4.69) is 0 Å². The van der Waals surface area contributed by atoms with Crippen molar-refractivity contribution in [2.75, 3.05) is 7.11 Å². The number of nitro benzene ring substituents is 1. The molecule has 0 spiro atoms. The highest BCUT2D eigenvalue weighted by molar-refractivity contribution is 6.30. The van der Waals surface area contributed by atoms with Crippen LogP contribution < -0.4 is 0 Å². The van der Waals surface area contributed by atoms with Crippen molar-refractivity contribution in [2.24, 2.45) is 0 Å². The molecule has 0 amide bonds. The highest BCUT2D eigenvalue weighted by Gasteiger charge is 2.20. The molecule has 0 aliphatic heterocycles. The van der Waals surface area contributed by atoms with Crippen LogP contribution in [-0.4, -0.2) is 12.0 Å². The number of ether oxygens (including phenoxy) is 1. The molecule has 1 aromatic rings. The molecule has 1 rings (SSSR count). The molecule has 6 heteroatoms. The van der Waals surface area contributed by atoms with Crippen molar-refractivity contribution < 1.29 is 9.66 Å². The van der Waals surface area contributed by atoms with Crippen LogP contribution in [-0.2, 0) is 17.8 Å². The summed E-state index contributed by atoms with van der Waals surface area (Å²) in [5, 5.41) is 19.9. The van der Waals surface area contributed by atoms with Gasteiger partial charge in [-0.05, 0) is 12.1 Å². The summed E-state index contributed by atoms with van der Waals surface area (Å²) < 4.78 is 4.86. The van der Waals surface area contributed by atoms with Gasteiger partial charge < -0.3 is 4.74 Å². The standard InChI is InChI=1S/C10H9ClN2O3/c1-16-6-8-5-9(11)4-7(2-3-12)10(8)13(14)15/h4-5H,2,6H2,1H3. The first-order chi connectivity index (χ1) is 7.60. The average molecular weight is 241 g/mol. The average Bonchev–Trinajstić information content (AvgIpc) is 2.17. The third-order valence-electron chi connectivity index (χ3n) is 1.98. The van der Waals surface area contributed by atoms with Crippen LogP contribution in [0.4, 0.5) is 5.69 Å². The second-order valence-electron chi connectivity index (χ2n) is 3.10. The summed E-state index contributed by atoms with van der Waals surface area (Å²) in [5.41, 5.74) is 0.602. The normalized spacial score (nSPS) is 9.81. The summed E-state index contributed by atoms with van der Waals surface area (Å²) in [5.74, 6) is 0. The number of methoxy groups -OCH3 is 1. The molecule has 84 valence electrons. The number of nitrogens with zero attached hydrogens (tertiary/aromatic N) is 2. The van der Waals surface area contributed by atoms with Crippen molar-refractivity contribution in [3.8, 4) is 6.07 Å². The molecule has 16 heavy (non-hydrogen) atoms. The number of hydrogen-bond donors (Lipinski definition) is 0. The molecule has 0 aromatic heterocycles. The molecule has 0 N–H and O–H groups in total. The fraction of sp³-hybridized carbons (Fsp3) is 0.300. The monoisotopic (exact) mass is 240 g/mol. The smallest absolute Gasteiger partial charge is 0.279 e. The molecule has 0 saturated carbocycles. The molecule has 1 aromatic carbocycles. The molecule has 0 radical (unpaired) electrons. The van der Waals surface area contributed by atoms with Gasteiger partial charge in [0, 0.05) is 17.7 Å². The van der Waals surface area contributed by atoms with Crippen LogP contribution in [0.25, 0.3) is 0 Å². The van der Waals surface area contributed by atoms with E-state index in [1.165, 1.54) is 19.2 Å². The summed E-state index contributed by atoms with van der Waals surface area (Å²) in [4.78, 5) is 10.4. The van der Waals surface area contributed by atoms with Crippen LogP contribution in [0.15, 0.2) is 12.1 Å². The van der Waals surface area contributed by atoms with E-state index >= 15 is 0 Å². The van der Waals surface area contributed by atoms with Gasteiger partial charge in [0.2, 0.25) is 0 Å². The fourth-order valence-electron chi connectivity index (χ4n) is 1.44. The van der Waals surface area contributed by atoms with E-state index in [9.17, 15) is 10.1 Å². The van der Waals surface area contributed by atoms with Gasteiger partial charge in [-0.3, -0.25) is 10.1 Å². The number of nitro groups is 1. The molecule has 5 nitrogen and oxygen atoms in total. The second-order valence-corrected chi connectivity index (χ2v) is 3.53. The van der Waals surface area contributed by atoms with Gasteiger partial charge in [0.1, 0.15) is 0 Å². The highest BCUT2D eigenvalue weighted by atomic mass is 35.5. The second kappa shape index (κ2) is 5.45. The highest BCUT2D eigenvalue weighted by Crippen LogP contribution is 2.29.